The Balaban J connectivity index is 1.50. The smallest absolute Gasteiger partial charge is 0.238 e. The van der Waals surface area contributed by atoms with Gasteiger partial charge in [-0.05, 0) is 37.8 Å². The highest BCUT2D eigenvalue weighted by atomic mass is 35.5. The third kappa shape index (κ3) is 5.38. The monoisotopic (exact) mass is 589 g/mol. The van der Waals surface area contributed by atoms with Crippen LogP contribution in [0.2, 0.25) is 10.0 Å². The number of aromatic nitrogens is 3. The van der Waals surface area contributed by atoms with Crippen molar-refractivity contribution in [2.24, 2.45) is 5.92 Å². The van der Waals surface area contributed by atoms with Crippen molar-refractivity contribution in [1.29, 1.82) is 0 Å². The van der Waals surface area contributed by atoms with Crippen LogP contribution in [0.5, 0.6) is 5.75 Å². The van der Waals surface area contributed by atoms with E-state index in [2.05, 4.69) is 20.2 Å². The van der Waals surface area contributed by atoms with Crippen LogP contribution in [-0.2, 0) is 10.0 Å². The van der Waals surface area contributed by atoms with Gasteiger partial charge in [-0.15, -0.1) is 0 Å². The first kappa shape index (κ1) is 27.5. The van der Waals surface area contributed by atoms with Gasteiger partial charge in [-0.25, -0.2) is 22.4 Å². The molecule has 9 nitrogen and oxygen atoms in total. The molecule has 0 unspecified atom stereocenters. The van der Waals surface area contributed by atoms with Gasteiger partial charge in [-0.3, -0.25) is 0 Å². The minimum absolute atomic E-state index is 0.0502. The summed E-state index contributed by atoms with van der Waals surface area (Å²) in [5.41, 5.74) is 2.94. The van der Waals surface area contributed by atoms with E-state index in [-0.39, 0.29) is 23.3 Å². The van der Waals surface area contributed by atoms with E-state index in [1.807, 2.05) is 18.2 Å². The second kappa shape index (κ2) is 11.2. The van der Waals surface area contributed by atoms with Crippen molar-refractivity contribution in [2.75, 3.05) is 42.8 Å². The third-order valence-electron chi connectivity index (χ3n) is 7.07. The number of benzene rings is 2. The topological polar surface area (TPSA) is 110 Å². The lowest BCUT2D eigenvalue weighted by molar-refractivity contribution is 0.203. The molecule has 0 aliphatic carbocycles. The van der Waals surface area contributed by atoms with E-state index in [0.29, 0.717) is 44.5 Å². The molecule has 0 spiro atoms. The molecule has 0 atom stereocenters. The van der Waals surface area contributed by atoms with Crippen molar-refractivity contribution in [3.8, 4) is 17.0 Å². The van der Waals surface area contributed by atoms with Crippen LogP contribution in [0.25, 0.3) is 22.2 Å². The van der Waals surface area contributed by atoms with Gasteiger partial charge in [-0.2, -0.15) is 0 Å². The number of halogens is 2. The SMILES string of the molecule is CCS(=O)(=O)n1cc(-c2nc(Nc3cc(Cl)c(N4CCC(CO)CC4)cc3OC)ncc2Cl)c2ccccc21. The lowest BCUT2D eigenvalue weighted by Gasteiger charge is -2.33. The van der Waals surface area contributed by atoms with Gasteiger partial charge in [0, 0.05) is 42.9 Å². The van der Waals surface area contributed by atoms with E-state index in [9.17, 15) is 13.5 Å². The van der Waals surface area contributed by atoms with Crippen LogP contribution < -0.4 is 15.0 Å². The lowest BCUT2D eigenvalue weighted by atomic mass is 9.97. The molecule has 39 heavy (non-hydrogen) atoms. The molecule has 206 valence electrons. The quantitative estimate of drug-likeness (QED) is 0.275. The van der Waals surface area contributed by atoms with Crippen molar-refractivity contribution in [3.63, 3.8) is 0 Å². The fourth-order valence-electron chi connectivity index (χ4n) is 4.85. The number of anilines is 3. The van der Waals surface area contributed by atoms with Gasteiger partial charge in [0.25, 0.3) is 0 Å². The van der Waals surface area contributed by atoms with Crippen LogP contribution in [-0.4, -0.2) is 60.0 Å². The molecular weight excluding hydrogens is 561 g/mol. The van der Waals surface area contributed by atoms with Crippen molar-refractivity contribution in [2.45, 2.75) is 19.8 Å². The molecular formula is C27H29Cl2N5O4S. The summed E-state index contributed by atoms with van der Waals surface area (Å²) in [6.07, 6.45) is 4.81. The normalized spacial score (nSPS) is 14.6. The first-order valence-electron chi connectivity index (χ1n) is 12.6. The summed E-state index contributed by atoms with van der Waals surface area (Å²) in [5.74, 6) is 1.07. The maximum Gasteiger partial charge on any atom is 0.238 e. The van der Waals surface area contributed by atoms with Crippen molar-refractivity contribution >= 4 is 61.5 Å². The zero-order valence-corrected chi connectivity index (χ0v) is 23.9. The molecule has 0 radical (unpaired) electrons. The van der Waals surface area contributed by atoms with E-state index in [0.717, 1.165) is 31.6 Å². The summed E-state index contributed by atoms with van der Waals surface area (Å²) in [4.78, 5) is 11.2. The molecule has 1 aliphatic rings. The predicted molar refractivity (Wildman–Crippen MR) is 156 cm³/mol. The molecule has 0 saturated carbocycles. The Kier molecular flexibility index (Phi) is 7.91. The predicted octanol–water partition coefficient (Wildman–Crippen LogP) is 5.56. The van der Waals surface area contributed by atoms with Crippen LogP contribution in [0.3, 0.4) is 0 Å². The number of piperidine rings is 1. The van der Waals surface area contributed by atoms with Crippen molar-refractivity contribution in [3.05, 3.63) is 58.8 Å². The molecule has 3 heterocycles. The number of ether oxygens (including phenoxy) is 1. The molecule has 2 aromatic carbocycles. The van der Waals surface area contributed by atoms with E-state index >= 15 is 0 Å². The van der Waals surface area contributed by atoms with Crippen LogP contribution in [0.15, 0.2) is 48.8 Å². The Morgan fingerprint density at radius 1 is 1.15 bits per heavy atom. The third-order valence-corrected chi connectivity index (χ3v) is 9.28. The summed E-state index contributed by atoms with van der Waals surface area (Å²) in [5, 5.41) is 14.2. The summed E-state index contributed by atoms with van der Waals surface area (Å²) in [7, 11) is -1.97. The fourth-order valence-corrected chi connectivity index (χ4v) is 6.33. The van der Waals surface area contributed by atoms with Crippen molar-refractivity contribution < 1.29 is 18.3 Å². The number of nitrogens with one attached hydrogen (secondary N) is 1. The molecule has 0 bridgehead atoms. The summed E-state index contributed by atoms with van der Waals surface area (Å²) in [6.45, 7) is 3.40. The highest BCUT2D eigenvalue weighted by molar-refractivity contribution is 7.90. The fraction of sp³-hybridized carbons (Fsp3) is 0.333. The van der Waals surface area contributed by atoms with Crippen LogP contribution >= 0.6 is 23.2 Å². The second-order valence-electron chi connectivity index (χ2n) is 9.39. The number of aliphatic hydroxyl groups excluding tert-OH is 1. The molecule has 2 aromatic heterocycles. The van der Waals surface area contributed by atoms with Crippen LogP contribution in [0.1, 0.15) is 19.8 Å². The molecule has 5 rings (SSSR count). The first-order valence-corrected chi connectivity index (χ1v) is 15.0. The van der Waals surface area contributed by atoms with Gasteiger partial charge in [0.05, 0.1) is 51.7 Å². The van der Waals surface area contributed by atoms with Gasteiger partial charge in [0.2, 0.25) is 16.0 Å². The molecule has 2 N–H and O–H groups in total. The van der Waals surface area contributed by atoms with E-state index in [1.165, 1.54) is 10.2 Å². The lowest BCUT2D eigenvalue weighted by Crippen LogP contribution is -2.34. The second-order valence-corrected chi connectivity index (χ2v) is 12.3. The molecule has 0 amide bonds. The maximum absolute atomic E-state index is 12.8. The summed E-state index contributed by atoms with van der Waals surface area (Å²) >= 11 is 13.2. The first-order chi connectivity index (χ1) is 18.7. The average molecular weight is 591 g/mol. The Morgan fingerprint density at radius 3 is 2.59 bits per heavy atom. The Bertz CT molecular complexity index is 1620. The summed E-state index contributed by atoms with van der Waals surface area (Å²) in [6, 6.07) is 10.9. The number of para-hydroxylation sites is 1. The van der Waals surface area contributed by atoms with Gasteiger partial charge in [0.15, 0.2) is 0 Å². The van der Waals surface area contributed by atoms with E-state index < -0.39 is 10.0 Å². The highest BCUT2D eigenvalue weighted by Crippen LogP contribution is 2.40. The number of nitrogens with zero attached hydrogens (tertiary/aromatic N) is 4. The summed E-state index contributed by atoms with van der Waals surface area (Å²) < 4.78 is 32.5. The van der Waals surface area contributed by atoms with E-state index in [1.54, 1.807) is 38.4 Å². The largest absolute Gasteiger partial charge is 0.494 e. The average Bonchev–Trinajstić information content (AvgIpc) is 3.35. The zero-order chi connectivity index (χ0) is 27.7. The minimum atomic E-state index is -3.55. The Hall–Kier alpha value is -3.05. The molecule has 1 saturated heterocycles. The van der Waals surface area contributed by atoms with Crippen molar-refractivity contribution in [1.82, 2.24) is 13.9 Å². The van der Waals surface area contributed by atoms with Gasteiger partial charge in [0.1, 0.15) is 5.75 Å². The molecule has 1 aliphatic heterocycles. The number of fused-ring (bicyclic) bond motifs is 1. The van der Waals surface area contributed by atoms with Gasteiger partial charge >= 0.3 is 0 Å². The Labute approximate surface area is 237 Å². The molecule has 1 fully saturated rings. The maximum atomic E-state index is 12.8. The zero-order valence-electron chi connectivity index (χ0n) is 21.6. The number of aliphatic hydroxyl groups is 1. The molecule has 12 heteroatoms. The molecule has 4 aromatic rings. The van der Waals surface area contributed by atoms with Gasteiger partial charge in [-0.1, -0.05) is 41.4 Å². The minimum Gasteiger partial charge on any atom is -0.494 e. The number of methoxy groups -OCH3 is 1. The highest BCUT2D eigenvalue weighted by Gasteiger charge is 2.23. The van der Waals surface area contributed by atoms with Crippen LogP contribution in [0.4, 0.5) is 17.3 Å². The number of rotatable bonds is 8. The number of hydrogen-bond acceptors (Lipinski definition) is 8. The van der Waals surface area contributed by atoms with Crippen LogP contribution in [0, 0.1) is 5.92 Å². The number of hydrogen-bond donors (Lipinski definition) is 2. The van der Waals surface area contributed by atoms with Gasteiger partial charge < -0.3 is 20.1 Å². The van der Waals surface area contributed by atoms with E-state index in [4.69, 9.17) is 27.9 Å². The standard InChI is InChI=1S/C27H29Cl2N5O4S/c1-3-39(36,37)34-15-19(18-6-4-5-7-23(18)34)26-21(29)14-30-27(32-26)31-22-12-20(28)24(13-25(22)38-2)33-10-8-17(16-35)9-11-33/h4-7,12-15,17,35H,3,8-11,16H2,1-2H3,(H,30,31,32). The Morgan fingerprint density at radius 2 is 1.90 bits per heavy atom.